The van der Waals surface area contributed by atoms with Gasteiger partial charge < -0.3 is 5.11 Å². The number of rotatable bonds is 5. The van der Waals surface area contributed by atoms with Gasteiger partial charge in [0.2, 0.25) is 0 Å². The summed E-state index contributed by atoms with van der Waals surface area (Å²) in [5.74, 6) is 0.375. The van der Waals surface area contributed by atoms with Gasteiger partial charge in [0, 0.05) is 5.39 Å². The number of phenols is 1. The van der Waals surface area contributed by atoms with Crippen LogP contribution in [0.15, 0.2) is 36.4 Å². The van der Waals surface area contributed by atoms with E-state index < -0.39 is 0 Å². The van der Waals surface area contributed by atoms with Gasteiger partial charge in [-0.1, -0.05) is 56.5 Å². The van der Waals surface area contributed by atoms with Gasteiger partial charge in [-0.25, -0.2) is 0 Å². The molecular weight excluding hydrogens is 208 g/mol. The number of phenolic OH excluding ortho intramolecular Hbond substituents is 1. The fourth-order valence-electron chi connectivity index (χ4n) is 2.23. The standard InChI is InChI=1S/C16H20O/c1-2-3-4-5-7-13-10-11-15-14(12-13)8-6-9-16(15)17/h6,8-12,17H,2-5,7H2,1H3. The summed E-state index contributed by atoms with van der Waals surface area (Å²) in [6, 6.07) is 12.1. The molecule has 0 amide bonds. The monoisotopic (exact) mass is 228 g/mol. The van der Waals surface area contributed by atoms with Crippen molar-refractivity contribution in [2.45, 2.75) is 39.0 Å². The molecule has 0 saturated carbocycles. The predicted molar refractivity (Wildman–Crippen MR) is 73.5 cm³/mol. The minimum absolute atomic E-state index is 0.375. The second-order valence-corrected chi connectivity index (χ2v) is 4.64. The van der Waals surface area contributed by atoms with Crippen molar-refractivity contribution in [3.8, 4) is 5.75 Å². The Kier molecular flexibility index (Phi) is 4.03. The number of aryl methyl sites for hydroxylation is 1. The van der Waals surface area contributed by atoms with Crippen LogP contribution < -0.4 is 0 Å². The first-order valence-corrected chi connectivity index (χ1v) is 6.52. The van der Waals surface area contributed by atoms with Gasteiger partial charge in [-0.15, -0.1) is 0 Å². The van der Waals surface area contributed by atoms with Crippen molar-refractivity contribution in [1.82, 2.24) is 0 Å². The maximum Gasteiger partial charge on any atom is 0.123 e. The molecule has 0 spiro atoms. The molecule has 0 bridgehead atoms. The van der Waals surface area contributed by atoms with Crippen LogP contribution in [0.1, 0.15) is 38.2 Å². The van der Waals surface area contributed by atoms with Gasteiger partial charge in [-0.3, -0.25) is 0 Å². The summed E-state index contributed by atoms with van der Waals surface area (Å²) in [5, 5.41) is 11.8. The van der Waals surface area contributed by atoms with Crippen molar-refractivity contribution in [3.05, 3.63) is 42.0 Å². The van der Waals surface area contributed by atoms with Crippen LogP contribution in [0.2, 0.25) is 0 Å². The molecule has 90 valence electrons. The van der Waals surface area contributed by atoms with Crippen molar-refractivity contribution in [1.29, 1.82) is 0 Å². The number of fused-ring (bicyclic) bond motifs is 1. The summed E-state index contributed by atoms with van der Waals surface area (Å²) in [6.45, 7) is 2.23. The molecule has 0 heterocycles. The lowest BCUT2D eigenvalue weighted by Crippen LogP contribution is -1.86. The first-order chi connectivity index (χ1) is 8.31. The number of benzene rings is 2. The lowest BCUT2D eigenvalue weighted by atomic mass is 10.0. The van der Waals surface area contributed by atoms with E-state index in [1.807, 2.05) is 12.1 Å². The van der Waals surface area contributed by atoms with Crippen LogP contribution in [-0.2, 0) is 6.42 Å². The summed E-state index contributed by atoms with van der Waals surface area (Å²) in [6.07, 6.45) is 6.33. The molecule has 0 aliphatic rings. The highest BCUT2D eigenvalue weighted by Gasteiger charge is 2.00. The number of hydrogen-bond acceptors (Lipinski definition) is 1. The van der Waals surface area contributed by atoms with Gasteiger partial charge >= 0.3 is 0 Å². The molecular formula is C16H20O. The van der Waals surface area contributed by atoms with Gasteiger partial charge in [0.15, 0.2) is 0 Å². The van der Waals surface area contributed by atoms with Gasteiger partial charge in [-0.2, -0.15) is 0 Å². The van der Waals surface area contributed by atoms with Crippen LogP contribution in [0.25, 0.3) is 10.8 Å². The van der Waals surface area contributed by atoms with Crippen LogP contribution in [0.5, 0.6) is 5.75 Å². The number of hydrogen-bond donors (Lipinski definition) is 1. The minimum atomic E-state index is 0.375. The Labute approximate surface area is 103 Å². The predicted octanol–water partition coefficient (Wildman–Crippen LogP) is 4.67. The topological polar surface area (TPSA) is 20.2 Å². The molecule has 0 atom stereocenters. The average Bonchev–Trinajstić information content (AvgIpc) is 2.35. The Morgan fingerprint density at radius 1 is 1.00 bits per heavy atom. The smallest absolute Gasteiger partial charge is 0.123 e. The van der Waals surface area contributed by atoms with Crippen LogP contribution in [-0.4, -0.2) is 5.11 Å². The number of unbranched alkanes of at least 4 members (excludes halogenated alkanes) is 3. The fraction of sp³-hybridized carbons (Fsp3) is 0.375. The van der Waals surface area contributed by atoms with E-state index in [0.29, 0.717) is 5.75 Å². The maximum atomic E-state index is 9.71. The van der Waals surface area contributed by atoms with Gasteiger partial charge in [0.25, 0.3) is 0 Å². The third-order valence-corrected chi connectivity index (χ3v) is 3.24. The summed E-state index contributed by atoms with van der Waals surface area (Å²) in [5.41, 5.74) is 1.37. The van der Waals surface area contributed by atoms with E-state index in [0.717, 1.165) is 17.2 Å². The van der Waals surface area contributed by atoms with E-state index in [1.165, 1.54) is 31.2 Å². The largest absolute Gasteiger partial charge is 0.507 e. The maximum absolute atomic E-state index is 9.71. The molecule has 0 saturated heterocycles. The molecule has 1 heteroatoms. The van der Waals surface area contributed by atoms with Crippen LogP contribution >= 0.6 is 0 Å². The van der Waals surface area contributed by atoms with E-state index >= 15 is 0 Å². The SMILES string of the molecule is CCCCCCc1ccc2c(O)cccc2c1. The zero-order valence-electron chi connectivity index (χ0n) is 10.4. The number of aromatic hydroxyl groups is 1. The molecule has 2 aromatic rings. The van der Waals surface area contributed by atoms with Crippen molar-refractivity contribution < 1.29 is 5.11 Å². The van der Waals surface area contributed by atoms with E-state index in [-0.39, 0.29) is 0 Å². The molecule has 0 aromatic heterocycles. The van der Waals surface area contributed by atoms with Gasteiger partial charge in [-0.05, 0) is 29.9 Å². The lowest BCUT2D eigenvalue weighted by Gasteiger charge is -2.05. The Balaban J connectivity index is 2.10. The highest BCUT2D eigenvalue weighted by molar-refractivity contribution is 5.88. The van der Waals surface area contributed by atoms with Crippen LogP contribution in [0.4, 0.5) is 0 Å². The molecule has 1 N–H and O–H groups in total. The molecule has 0 aliphatic carbocycles. The molecule has 0 radical (unpaired) electrons. The summed E-state index contributed by atoms with van der Waals surface area (Å²) in [4.78, 5) is 0. The normalized spacial score (nSPS) is 10.9. The molecule has 2 rings (SSSR count). The van der Waals surface area contributed by atoms with E-state index in [9.17, 15) is 5.11 Å². The summed E-state index contributed by atoms with van der Waals surface area (Å²) < 4.78 is 0. The zero-order chi connectivity index (χ0) is 12.1. The van der Waals surface area contributed by atoms with E-state index in [2.05, 4.69) is 25.1 Å². The quantitative estimate of drug-likeness (QED) is 0.737. The molecule has 0 unspecified atom stereocenters. The Bertz CT molecular complexity index is 488. The first-order valence-electron chi connectivity index (χ1n) is 6.52. The van der Waals surface area contributed by atoms with Crippen molar-refractivity contribution >= 4 is 10.8 Å². The highest BCUT2D eigenvalue weighted by Crippen LogP contribution is 2.25. The molecule has 0 fully saturated rings. The van der Waals surface area contributed by atoms with Gasteiger partial charge in [0.1, 0.15) is 5.75 Å². The molecule has 1 nitrogen and oxygen atoms in total. The minimum Gasteiger partial charge on any atom is -0.507 e. The fourth-order valence-corrected chi connectivity index (χ4v) is 2.23. The summed E-state index contributed by atoms with van der Waals surface area (Å²) in [7, 11) is 0. The van der Waals surface area contributed by atoms with Crippen molar-refractivity contribution in [3.63, 3.8) is 0 Å². The summed E-state index contributed by atoms with van der Waals surface area (Å²) >= 11 is 0. The van der Waals surface area contributed by atoms with Crippen LogP contribution in [0, 0.1) is 0 Å². The van der Waals surface area contributed by atoms with E-state index in [1.54, 1.807) is 6.07 Å². The zero-order valence-corrected chi connectivity index (χ0v) is 10.4. The van der Waals surface area contributed by atoms with Crippen LogP contribution in [0.3, 0.4) is 0 Å². The third kappa shape index (κ3) is 3.00. The molecule has 2 aromatic carbocycles. The average molecular weight is 228 g/mol. The molecule has 17 heavy (non-hydrogen) atoms. The second-order valence-electron chi connectivity index (χ2n) is 4.64. The van der Waals surface area contributed by atoms with E-state index in [4.69, 9.17) is 0 Å². The third-order valence-electron chi connectivity index (χ3n) is 3.24. The van der Waals surface area contributed by atoms with Gasteiger partial charge in [0.05, 0.1) is 0 Å². The van der Waals surface area contributed by atoms with Crippen molar-refractivity contribution in [2.75, 3.05) is 0 Å². The van der Waals surface area contributed by atoms with Crippen molar-refractivity contribution in [2.24, 2.45) is 0 Å². The Hall–Kier alpha value is -1.50. The molecule has 0 aliphatic heterocycles. The highest BCUT2D eigenvalue weighted by atomic mass is 16.3. The Morgan fingerprint density at radius 3 is 2.71 bits per heavy atom. The first kappa shape index (κ1) is 12.0. The second kappa shape index (κ2) is 5.72. The lowest BCUT2D eigenvalue weighted by molar-refractivity contribution is 0.481. The Morgan fingerprint density at radius 2 is 1.88 bits per heavy atom.